The zero-order valence-electron chi connectivity index (χ0n) is 27.0. The van der Waals surface area contributed by atoms with E-state index in [1.165, 1.54) is 0 Å². The minimum atomic E-state index is -1.21. The second-order valence-corrected chi connectivity index (χ2v) is 12.0. The van der Waals surface area contributed by atoms with E-state index in [0.29, 0.717) is 25.7 Å². The highest BCUT2D eigenvalue weighted by Gasteiger charge is 2.40. The van der Waals surface area contributed by atoms with Crippen LogP contribution in [-0.2, 0) is 39.9 Å². The number of carbonyl (C=O) groups is 6. The van der Waals surface area contributed by atoms with Gasteiger partial charge in [-0.05, 0) is 58.4 Å². The summed E-state index contributed by atoms with van der Waals surface area (Å²) in [6.45, 7) is 4.68. The summed E-state index contributed by atoms with van der Waals surface area (Å²) in [6.07, 6.45) is 1.72. The number of methoxy groups -OCH3 is 1. The van der Waals surface area contributed by atoms with Gasteiger partial charge in [-0.2, -0.15) is 0 Å². The summed E-state index contributed by atoms with van der Waals surface area (Å²) in [5.41, 5.74) is 13.2. The first-order valence-corrected chi connectivity index (χ1v) is 15.3. The van der Waals surface area contributed by atoms with Crippen molar-refractivity contribution in [2.24, 2.45) is 28.3 Å². The van der Waals surface area contributed by atoms with Crippen molar-refractivity contribution in [1.29, 1.82) is 0 Å². The second kappa shape index (κ2) is 18.3. The summed E-state index contributed by atoms with van der Waals surface area (Å²) in [7, 11) is 1.14. The quantitative estimate of drug-likeness (QED) is 0.0475. The van der Waals surface area contributed by atoms with Crippen molar-refractivity contribution in [3.63, 3.8) is 0 Å². The number of amides is 4. The number of nitrogens with one attached hydrogen (secondary N) is 3. The third-order valence-corrected chi connectivity index (χ3v) is 7.17. The largest absolute Gasteiger partial charge is 0.468 e. The highest BCUT2D eigenvalue weighted by molar-refractivity contribution is 6.38. The Balaban J connectivity index is 2.20. The Morgan fingerprint density at radius 3 is 2.28 bits per heavy atom. The van der Waals surface area contributed by atoms with E-state index in [2.05, 4.69) is 25.8 Å². The molecule has 0 aromatic heterocycles. The summed E-state index contributed by atoms with van der Waals surface area (Å²) >= 11 is 0. The van der Waals surface area contributed by atoms with Crippen LogP contribution in [0.4, 0.5) is 4.79 Å². The average Bonchev–Trinajstić information content (AvgIpc) is 3.00. The fraction of sp³-hybridized carbons (Fsp3) is 0.581. The molecule has 1 fully saturated rings. The number of carbonyl (C=O) groups excluding carboxylic acids is 6. The first-order valence-electron chi connectivity index (χ1n) is 15.3. The molecule has 0 spiro atoms. The molecule has 1 aromatic rings. The second-order valence-electron chi connectivity index (χ2n) is 12.0. The molecule has 4 amide bonds. The lowest BCUT2D eigenvalue weighted by atomic mass is 9.77. The maximum atomic E-state index is 13.7. The number of hydrogen-bond acceptors (Lipinski definition) is 9. The zero-order valence-corrected chi connectivity index (χ0v) is 27.0. The van der Waals surface area contributed by atoms with E-state index in [1.807, 2.05) is 30.3 Å². The van der Waals surface area contributed by atoms with E-state index < -0.39 is 65.6 Å². The van der Waals surface area contributed by atoms with Gasteiger partial charge in [0.25, 0.3) is 5.91 Å². The summed E-state index contributed by atoms with van der Waals surface area (Å²) in [6, 6.07) is 8.21. The van der Waals surface area contributed by atoms with Gasteiger partial charge in [0.2, 0.25) is 17.6 Å². The molecule has 254 valence electrons. The normalized spacial score (nSPS) is 16.6. The number of ether oxygens (including phenoxy) is 2. The van der Waals surface area contributed by atoms with Crippen LogP contribution in [0.1, 0.15) is 64.9 Å². The highest BCUT2D eigenvalue weighted by Crippen LogP contribution is 2.32. The van der Waals surface area contributed by atoms with Gasteiger partial charge in [-0.1, -0.05) is 43.2 Å². The van der Waals surface area contributed by atoms with Crippen LogP contribution in [0.2, 0.25) is 0 Å². The SMILES string of the molecule is COC(=O)CN(NC(=O)OC(C)(C)C)C(=O)[C@@H]1CCCC[C@H]1C(=O)N[C@@H](CCCN=C(N)N)C(=O)C(=O)NCCc1ccccc1. The number of benzene rings is 1. The van der Waals surface area contributed by atoms with Gasteiger partial charge in [-0.25, -0.2) is 15.2 Å². The molecule has 1 aliphatic rings. The van der Waals surface area contributed by atoms with Gasteiger partial charge in [0, 0.05) is 19.0 Å². The lowest BCUT2D eigenvalue weighted by molar-refractivity contribution is -0.153. The Labute approximate surface area is 269 Å². The molecule has 15 heteroatoms. The van der Waals surface area contributed by atoms with E-state index in [9.17, 15) is 28.8 Å². The molecule has 0 unspecified atom stereocenters. The molecule has 0 bridgehead atoms. The Bertz CT molecular complexity index is 1250. The Morgan fingerprint density at radius 1 is 1.02 bits per heavy atom. The molecule has 0 saturated heterocycles. The number of hydrazine groups is 1. The van der Waals surface area contributed by atoms with Gasteiger partial charge in [0.05, 0.1) is 19.1 Å². The smallest absolute Gasteiger partial charge is 0.426 e. The van der Waals surface area contributed by atoms with Crippen molar-refractivity contribution < 1.29 is 38.2 Å². The van der Waals surface area contributed by atoms with E-state index in [-0.39, 0.29) is 38.3 Å². The molecule has 46 heavy (non-hydrogen) atoms. The molecule has 0 heterocycles. The molecule has 1 aliphatic carbocycles. The van der Waals surface area contributed by atoms with E-state index in [1.54, 1.807) is 20.8 Å². The molecule has 1 saturated carbocycles. The highest BCUT2D eigenvalue weighted by atomic mass is 16.6. The molecular formula is C31H47N7O8. The molecule has 15 nitrogen and oxygen atoms in total. The summed E-state index contributed by atoms with van der Waals surface area (Å²) in [5.74, 6) is -5.78. The number of nitrogens with zero attached hydrogens (tertiary/aromatic N) is 2. The van der Waals surface area contributed by atoms with Gasteiger partial charge >= 0.3 is 12.1 Å². The van der Waals surface area contributed by atoms with Crippen molar-refractivity contribution in [3.05, 3.63) is 35.9 Å². The summed E-state index contributed by atoms with van der Waals surface area (Å²) in [4.78, 5) is 81.9. The minimum absolute atomic E-state index is 0.0630. The van der Waals surface area contributed by atoms with E-state index in [4.69, 9.17) is 16.2 Å². The molecule has 1 aromatic carbocycles. The van der Waals surface area contributed by atoms with Gasteiger partial charge < -0.3 is 31.6 Å². The van der Waals surface area contributed by atoms with Crippen molar-refractivity contribution in [2.45, 2.75) is 77.4 Å². The number of nitrogens with two attached hydrogens (primary N) is 2. The van der Waals surface area contributed by atoms with Crippen LogP contribution in [-0.4, -0.2) is 84.9 Å². The topological polar surface area (TPSA) is 225 Å². The van der Waals surface area contributed by atoms with Crippen LogP contribution in [0.3, 0.4) is 0 Å². The van der Waals surface area contributed by atoms with Crippen LogP contribution in [0.5, 0.6) is 0 Å². The van der Waals surface area contributed by atoms with E-state index >= 15 is 0 Å². The first kappa shape index (κ1) is 37.5. The fourth-order valence-electron chi connectivity index (χ4n) is 4.98. The van der Waals surface area contributed by atoms with Crippen molar-refractivity contribution >= 4 is 41.5 Å². The summed E-state index contributed by atoms with van der Waals surface area (Å²) in [5, 5.41) is 6.07. The number of guanidine groups is 1. The van der Waals surface area contributed by atoms with Gasteiger partial charge in [0.15, 0.2) is 5.96 Å². The van der Waals surface area contributed by atoms with Crippen molar-refractivity contribution in [2.75, 3.05) is 26.7 Å². The van der Waals surface area contributed by atoms with Crippen molar-refractivity contribution in [3.8, 4) is 0 Å². The molecule has 2 rings (SSSR count). The van der Waals surface area contributed by atoms with Crippen LogP contribution in [0, 0.1) is 11.8 Å². The van der Waals surface area contributed by atoms with Gasteiger partial charge in [-0.15, -0.1) is 0 Å². The van der Waals surface area contributed by atoms with Crippen LogP contribution in [0.15, 0.2) is 35.3 Å². The minimum Gasteiger partial charge on any atom is -0.468 e. The maximum absolute atomic E-state index is 13.7. The molecular weight excluding hydrogens is 598 g/mol. The Hall–Kier alpha value is -4.69. The fourth-order valence-corrected chi connectivity index (χ4v) is 4.98. The van der Waals surface area contributed by atoms with Crippen LogP contribution >= 0.6 is 0 Å². The van der Waals surface area contributed by atoms with Crippen LogP contribution < -0.4 is 27.5 Å². The number of Topliss-reactive ketones (excluding diaryl/α,β-unsaturated/α-hetero) is 1. The molecule has 0 radical (unpaired) electrons. The van der Waals surface area contributed by atoms with E-state index in [0.717, 1.165) is 17.7 Å². The average molecular weight is 646 g/mol. The van der Waals surface area contributed by atoms with Gasteiger partial charge in [-0.3, -0.25) is 29.0 Å². The predicted octanol–water partition coefficient (Wildman–Crippen LogP) is 0.701. The standard InChI is InChI=1S/C31H47N7O8/c1-31(2,3)46-30(44)37-38(19-24(39)45-4)28(43)22-14-9-8-13-21(22)26(41)36-23(15-10-17-35-29(32)33)25(40)27(42)34-18-16-20-11-6-5-7-12-20/h5-7,11-12,21-23H,8-10,13-19H2,1-4H3,(H,34,42)(H,36,41)(H,37,44)(H4,32,33,35)/t21-,22-,23+/m1/s1. The third-order valence-electron chi connectivity index (χ3n) is 7.17. The number of aliphatic imine (C=N–C) groups is 1. The van der Waals surface area contributed by atoms with Crippen molar-refractivity contribution in [1.82, 2.24) is 21.1 Å². The molecule has 7 N–H and O–H groups in total. The molecule has 3 atom stereocenters. The zero-order chi connectivity index (χ0) is 34.3. The number of rotatable bonds is 14. The monoisotopic (exact) mass is 645 g/mol. The van der Waals surface area contributed by atoms with Crippen LogP contribution in [0.25, 0.3) is 0 Å². The number of ketones is 1. The predicted molar refractivity (Wildman–Crippen MR) is 169 cm³/mol. The number of hydrogen-bond donors (Lipinski definition) is 5. The Kier molecular flexibility index (Phi) is 14.9. The lowest BCUT2D eigenvalue weighted by Crippen LogP contribution is -2.55. The summed E-state index contributed by atoms with van der Waals surface area (Å²) < 4.78 is 9.92. The lowest BCUT2D eigenvalue weighted by Gasteiger charge is -2.34. The van der Waals surface area contributed by atoms with Gasteiger partial charge in [0.1, 0.15) is 12.1 Å². The maximum Gasteiger partial charge on any atom is 0.426 e. The first-order chi connectivity index (χ1) is 21.7. The third kappa shape index (κ3) is 13.1. The number of esters is 1. The molecule has 0 aliphatic heterocycles. The Morgan fingerprint density at radius 2 is 1.67 bits per heavy atom.